The number of rotatable bonds is 3. The first-order valence-electron chi connectivity index (χ1n) is 4.86. The van der Waals surface area contributed by atoms with Crippen LogP contribution in [0.5, 0.6) is 0 Å². The molecule has 0 atom stereocenters. The molecule has 0 spiro atoms. The highest BCUT2D eigenvalue weighted by Crippen LogP contribution is 2.13. The molecule has 0 unspecified atom stereocenters. The monoisotopic (exact) mass is 210 g/mol. The van der Waals surface area contributed by atoms with Crippen LogP contribution in [0.25, 0.3) is 0 Å². The molecule has 5 nitrogen and oxygen atoms in total. The Morgan fingerprint density at radius 3 is 2.67 bits per heavy atom. The molecule has 0 aliphatic heterocycles. The third kappa shape index (κ3) is 2.36. The van der Waals surface area contributed by atoms with E-state index in [-0.39, 0.29) is 11.4 Å². The Hall–Kier alpha value is -1.36. The molecule has 0 fully saturated rings. The van der Waals surface area contributed by atoms with E-state index in [0.717, 1.165) is 0 Å². The van der Waals surface area contributed by atoms with Crippen LogP contribution in [-0.2, 0) is 7.05 Å². The summed E-state index contributed by atoms with van der Waals surface area (Å²) in [6, 6.07) is 1.70. The molecule has 5 heteroatoms. The highest BCUT2D eigenvalue weighted by atomic mass is 16.2. The lowest BCUT2D eigenvalue weighted by Crippen LogP contribution is -2.50. The molecule has 0 aromatic carbocycles. The summed E-state index contributed by atoms with van der Waals surface area (Å²) in [6.45, 7) is 4.27. The summed E-state index contributed by atoms with van der Waals surface area (Å²) in [6.07, 6.45) is 1.75. The first-order valence-corrected chi connectivity index (χ1v) is 4.86. The minimum absolute atomic E-state index is 0.106. The fourth-order valence-electron chi connectivity index (χ4n) is 1.11. The van der Waals surface area contributed by atoms with Crippen LogP contribution in [0, 0.1) is 0 Å². The van der Waals surface area contributed by atoms with Gasteiger partial charge in [0.15, 0.2) is 0 Å². The zero-order valence-corrected chi connectivity index (χ0v) is 9.69. The predicted molar refractivity (Wildman–Crippen MR) is 58.4 cm³/mol. The topological polar surface area (TPSA) is 64.2 Å². The van der Waals surface area contributed by atoms with Gasteiger partial charge in [-0.15, -0.1) is 0 Å². The van der Waals surface area contributed by atoms with Crippen molar-refractivity contribution in [3.05, 3.63) is 18.0 Å². The van der Waals surface area contributed by atoms with Crippen LogP contribution in [0.3, 0.4) is 0 Å². The van der Waals surface area contributed by atoms with E-state index in [2.05, 4.69) is 5.10 Å². The molecule has 0 aliphatic rings. The second-order valence-electron chi connectivity index (χ2n) is 4.26. The Morgan fingerprint density at radius 1 is 1.67 bits per heavy atom. The highest BCUT2D eigenvalue weighted by molar-refractivity contribution is 5.92. The van der Waals surface area contributed by atoms with Crippen molar-refractivity contribution in [1.29, 1.82) is 0 Å². The summed E-state index contributed by atoms with van der Waals surface area (Å²) in [7, 11) is 3.52. The molecule has 0 saturated heterocycles. The largest absolute Gasteiger partial charge is 0.334 e. The molecular formula is C10H18N4O. The molecule has 2 N–H and O–H groups in total. The third-order valence-corrected chi connectivity index (χ3v) is 2.64. The van der Waals surface area contributed by atoms with E-state index in [1.165, 1.54) is 0 Å². The van der Waals surface area contributed by atoms with Gasteiger partial charge in [0.2, 0.25) is 0 Å². The van der Waals surface area contributed by atoms with Crippen LogP contribution in [0.1, 0.15) is 24.3 Å². The van der Waals surface area contributed by atoms with Crippen molar-refractivity contribution >= 4 is 5.91 Å². The van der Waals surface area contributed by atoms with Gasteiger partial charge in [-0.05, 0) is 19.9 Å². The van der Waals surface area contributed by atoms with Crippen LogP contribution >= 0.6 is 0 Å². The molecule has 1 aromatic rings. The van der Waals surface area contributed by atoms with Gasteiger partial charge in [-0.25, -0.2) is 0 Å². The fourth-order valence-corrected chi connectivity index (χ4v) is 1.11. The standard InChI is InChI=1S/C10H18N4O/c1-10(2,7-11)14(4)9(15)8-5-6-13(3)12-8/h5-6H,7,11H2,1-4H3. The van der Waals surface area contributed by atoms with Gasteiger partial charge in [-0.2, -0.15) is 5.10 Å². The minimum Gasteiger partial charge on any atom is -0.334 e. The van der Waals surface area contributed by atoms with Crippen molar-refractivity contribution in [1.82, 2.24) is 14.7 Å². The summed E-state index contributed by atoms with van der Waals surface area (Å²) in [5, 5.41) is 4.06. The molecule has 0 bridgehead atoms. The van der Waals surface area contributed by atoms with E-state index in [1.54, 1.807) is 35.9 Å². The van der Waals surface area contributed by atoms with Crippen LogP contribution in [0.15, 0.2) is 12.3 Å². The van der Waals surface area contributed by atoms with Crippen molar-refractivity contribution in [2.75, 3.05) is 13.6 Å². The molecule has 1 heterocycles. The van der Waals surface area contributed by atoms with Gasteiger partial charge in [0.1, 0.15) is 5.69 Å². The maximum Gasteiger partial charge on any atom is 0.274 e. The average Bonchev–Trinajstić information content (AvgIpc) is 2.62. The lowest BCUT2D eigenvalue weighted by atomic mass is 10.0. The maximum absolute atomic E-state index is 12.0. The van der Waals surface area contributed by atoms with Gasteiger partial charge >= 0.3 is 0 Å². The first-order chi connectivity index (χ1) is 6.88. The van der Waals surface area contributed by atoms with Gasteiger partial charge in [0, 0.05) is 32.4 Å². The lowest BCUT2D eigenvalue weighted by Gasteiger charge is -2.33. The Balaban J connectivity index is 2.86. The number of likely N-dealkylation sites (N-methyl/N-ethyl adjacent to an activating group) is 1. The second-order valence-corrected chi connectivity index (χ2v) is 4.26. The van der Waals surface area contributed by atoms with Crippen molar-refractivity contribution in [3.8, 4) is 0 Å². The summed E-state index contributed by atoms with van der Waals surface area (Å²) < 4.78 is 1.61. The molecule has 1 rings (SSSR count). The van der Waals surface area contributed by atoms with Gasteiger partial charge in [-0.3, -0.25) is 9.48 Å². The van der Waals surface area contributed by atoms with E-state index in [9.17, 15) is 4.79 Å². The summed E-state index contributed by atoms with van der Waals surface area (Å²) in [4.78, 5) is 13.6. The van der Waals surface area contributed by atoms with Crippen molar-refractivity contribution in [3.63, 3.8) is 0 Å². The first kappa shape index (κ1) is 11.7. The highest BCUT2D eigenvalue weighted by Gasteiger charge is 2.27. The number of aromatic nitrogens is 2. The minimum atomic E-state index is -0.353. The van der Waals surface area contributed by atoms with E-state index < -0.39 is 0 Å². The Labute approximate surface area is 89.9 Å². The van der Waals surface area contributed by atoms with Crippen molar-refractivity contribution in [2.45, 2.75) is 19.4 Å². The molecule has 0 saturated carbocycles. The van der Waals surface area contributed by atoms with Gasteiger partial charge in [0.05, 0.1) is 0 Å². The van der Waals surface area contributed by atoms with Gasteiger partial charge in [0.25, 0.3) is 5.91 Å². The normalized spacial score (nSPS) is 11.5. The SMILES string of the molecule is CN(C(=O)c1ccn(C)n1)C(C)(C)CN. The zero-order chi connectivity index (χ0) is 11.6. The smallest absolute Gasteiger partial charge is 0.274 e. The second kappa shape index (κ2) is 4.02. The number of carbonyl (C=O) groups excluding carboxylic acids is 1. The molecule has 15 heavy (non-hydrogen) atoms. The Bertz CT molecular complexity index is 356. The Morgan fingerprint density at radius 2 is 2.27 bits per heavy atom. The average molecular weight is 210 g/mol. The van der Waals surface area contributed by atoms with Gasteiger partial charge < -0.3 is 10.6 Å². The number of nitrogens with two attached hydrogens (primary N) is 1. The number of carbonyl (C=O) groups is 1. The molecule has 1 amide bonds. The maximum atomic E-state index is 12.0. The number of hydrogen-bond acceptors (Lipinski definition) is 3. The van der Waals surface area contributed by atoms with E-state index in [0.29, 0.717) is 12.2 Å². The zero-order valence-electron chi connectivity index (χ0n) is 9.69. The lowest BCUT2D eigenvalue weighted by molar-refractivity contribution is 0.0633. The van der Waals surface area contributed by atoms with Crippen LogP contribution < -0.4 is 5.73 Å². The molecule has 1 aromatic heterocycles. The fraction of sp³-hybridized carbons (Fsp3) is 0.600. The van der Waals surface area contributed by atoms with Crippen molar-refractivity contribution < 1.29 is 4.79 Å². The predicted octanol–water partition coefficient (Wildman–Crippen LogP) is 0.229. The number of hydrogen-bond donors (Lipinski definition) is 1. The van der Waals surface area contributed by atoms with Crippen LogP contribution in [0.4, 0.5) is 0 Å². The van der Waals surface area contributed by atoms with E-state index in [4.69, 9.17) is 5.73 Å². The van der Waals surface area contributed by atoms with Crippen molar-refractivity contribution in [2.24, 2.45) is 12.8 Å². The quantitative estimate of drug-likeness (QED) is 0.776. The number of amides is 1. The van der Waals surface area contributed by atoms with Gasteiger partial charge in [-0.1, -0.05) is 0 Å². The summed E-state index contributed by atoms with van der Waals surface area (Å²) in [5.74, 6) is -0.106. The summed E-state index contributed by atoms with van der Waals surface area (Å²) >= 11 is 0. The molecular weight excluding hydrogens is 192 g/mol. The summed E-state index contributed by atoms with van der Waals surface area (Å²) in [5.41, 5.74) is 5.70. The van der Waals surface area contributed by atoms with E-state index in [1.807, 2.05) is 13.8 Å². The number of aryl methyl sites for hydroxylation is 1. The van der Waals surface area contributed by atoms with Crippen LogP contribution in [-0.4, -0.2) is 39.7 Å². The number of nitrogens with zero attached hydrogens (tertiary/aromatic N) is 3. The van der Waals surface area contributed by atoms with E-state index >= 15 is 0 Å². The third-order valence-electron chi connectivity index (χ3n) is 2.64. The molecule has 0 aliphatic carbocycles. The molecule has 0 radical (unpaired) electrons. The van der Waals surface area contributed by atoms with Crippen LogP contribution in [0.2, 0.25) is 0 Å². The molecule has 84 valence electrons. The Kier molecular flexibility index (Phi) is 3.14.